The molecule has 0 unspecified atom stereocenters. The molecule has 0 spiro atoms. The minimum atomic E-state index is -0.361. The van der Waals surface area contributed by atoms with Crippen LogP contribution in [-0.4, -0.2) is 38.1 Å². The van der Waals surface area contributed by atoms with Gasteiger partial charge < -0.3 is 14.5 Å². The SMILES string of the molecule is COc1ccc2nc(C(=O)N3CCCN(C)c4ccc(F)cc43)ccc2c1. The number of ether oxygens (including phenoxy) is 1. The number of carbonyl (C=O) groups excluding carboxylic acids is 1. The van der Waals surface area contributed by atoms with E-state index in [0.717, 1.165) is 29.8 Å². The number of nitrogens with zero attached hydrogens (tertiary/aromatic N) is 3. The van der Waals surface area contributed by atoms with E-state index in [9.17, 15) is 9.18 Å². The minimum Gasteiger partial charge on any atom is -0.497 e. The molecule has 1 aliphatic heterocycles. The molecule has 0 fully saturated rings. The van der Waals surface area contributed by atoms with Crippen molar-refractivity contribution in [3.8, 4) is 5.75 Å². The maximum absolute atomic E-state index is 13.9. The van der Waals surface area contributed by atoms with Crippen LogP contribution in [0.1, 0.15) is 16.9 Å². The highest BCUT2D eigenvalue weighted by Gasteiger charge is 2.25. The molecule has 2 heterocycles. The van der Waals surface area contributed by atoms with E-state index in [4.69, 9.17) is 4.74 Å². The van der Waals surface area contributed by atoms with Crippen molar-refractivity contribution in [3.05, 3.63) is 60.0 Å². The van der Waals surface area contributed by atoms with Crippen LogP contribution in [0.4, 0.5) is 15.8 Å². The number of rotatable bonds is 2. The standard InChI is InChI=1S/C21H20FN3O2/c1-24-10-3-11-25(20-13-15(22)5-9-19(20)24)21(26)18-7-4-14-12-16(27-2)6-8-17(14)23-18/h4-9,12-13H,3,10-11H2,1-2H3. The second-order valence-electron chi connectivity index (χ2n) is 6.62. The predicted molar refractivity (Wildman–Crippen MR) is 104 cm³/mol. The summed E-state index contributed by atoms with van der Waals surface area (Å²) >= 11 is 0. The second kappa shape index (κ2) is 6.87. The Labute approximate surface area is 157 Å². The van der Waals surface area contributed by atoms with Crippen LogP contribution in [-0.2, 0) is 0 Å². The van der Waals surface area contributed by atoms with E-state index >= 15 is 0 Å². The van der Waals surface area contributed by atoms with Crippen molar-refractivity contribution < 1.29 is 13.9 Å². The summed E-state index contributed by atoms with van der Waals surface area (Å²) in [7, 11) is 3.56. The van der Waals surface area contributed by atoms with Gasteiger partial charge in [0.1, 0.15) is 17.3 Å². The third-order valence-electron chi connectivity index (χ3n) is 4.88. The number of amides is 1. The first-order valence-corrected chi connectivity index (χ1v) is 8.84. The van der Waals surface area contributed by atoms with Gasteiger partial charge in [-0.2, -0.15) is 0 Å². The first-order valence-electron chi connectivity index (χ1n) is 8.84. The van der Waals surface area contributed by atoms with Crippen molar-refractivity contribution >= 4 is 28.2 Å². The molecule has 0 radical (unpaired) electrons. The van der Waals surface area contributed by atoms with Crippen LogP contribution in [0.2, 0.25) is 0 Å². The number of aromatic nitrogens is 1. The van der Waals surface area contributed by atoms with E-state index in [2.05, 4.69) is 4.98 Å². The fourth-order valence-corrected chi connectivity index (χ4v) is 3.44. The lowest BCUT2D eigenvalue weighted by Crippen LogP contribution is -2.32. The molecule has 0 N–H and O–H groups in total. The van der Waals surface area contributed by atoms with E-state index in [1.54, 1.807) is 24.1 Å². The highest BCUT2D eigenvalue weighted by atomic mass is 19.1. The van der Waals surface area contributed by atoms with Crippen molar-refractivity contribution in [1.29, 1.82) is 0 Å². The lowest BCUT2D eigenvalue weighted by Gasteiger charge is -2.24. The first kappa shape index (κ1) is 17.3. The molecule has 6 heteroatoms. The van der Waals surface area contributed by atoms with Gasteiger partial charge in [-0.05, 0) is 48.9 Å². The Balaban J connectivity index is 1.75. The number of carbonyl (C=O) groups is 1. The number of hydrogen-bond acceptors (Lipinski definition) is 4. The molecule has 3 aromatic rings. The third kappa shape index (κ3) is 3.18. The van der Waals surface area contributed by atoms with Gasteiger partial charge in [0.2, 0.25) is 0 Å². The average molecular weight is 365 g/mol. The van der Waals surface area contributed by atoms with Crippen LogP contribution in [0.5, 0.6) is 5.75 Å². The molecule has 27 heavy (non-hydrogen) atoms. The Bertz CT molecular complexity index is 1020. The van der Waals surface area contributed by atoms with Crippen LogP contribution in [0.3, 0.4) is 0 Å². The van der Waals surface area contributed by atoms with Gasteiger partial charge in [0.15, 0.2) is 0 Å². The summed E-state index contributed by atoms with van der Waals surface area (Å²) in [5.41, 5.74) is 2.48. The molecule has 0 saturated carbocycles. The summed E-state index contributed by atoms with van der Waals surface area (Å²) in [6, 6.07) is 13.6. The number of pyridine rings is 1. The first-order chi connectivity index (χ1) is 13.1. The molecule has 2 aromatic carbocycles. The van der Waals surface area contributed by atoms with Gasteiger partial charge in [0.25, 0.3) is 5.91 Å². The number of hydrogen-bond donors (Lipinski definition) is 0. The number of methoxy groups -OCH3 is 1. The van der Waals surface area contributed by atoms with Gasteiger partial charge in [-0.1, -0.05) is 6.07 Å². The maximum atomic E-state index is 13.9. The monoisotopic (exact) mass is 365 g/mol. The number of halogens is 1. The Hall–Kier alpha value is -3.15. The van der Waals surface area contributed by atoms with Crippen LogP contribution in [0, 0.1) is 5.82 Å². The molecule has 0 bridgehead atoms. The normalized spacial score (nSPS) is 14.0. The van der Waals surface area contributed by atoms with Crippen LogP contribution in [0.25, 0.3) is 10.9 Å². The summed E-state index contributed by atoms with van der Waals surface area (Å²) in [6.45, 7) is 1.31. The summed E-state index contributed by atoms with van der Waals surface area (Å²) < 4.78 is 19.1. The van der Waals surface area contributed by atoms with Gasteiger partial charge in [-0.25, -0.2) is 9.37 Å². The molecule has 138 valence electrons. The summed E-state index contributed by atoms with van der Waals surface area (Å²) in [6.07, 6.45) is 0.795. The van der Waals surface area contributed by atoms with Crippen molar-refractivity contribution in [2.75, 3.05) is 37.0 Å². The maximum Gasteiger partial charge on any atom is 0.276 e. The van der Waals surface area contributed by atoms with Gasteiger partial charge in [0.05, 0.1) is 24.0 Å². The van der Waals surface area contributed by atoms with Crippen LogP contribution < -0.4 is 14.5 Å². The Morgan fingerprint density at radius 3 is 2.74 bits per heavy atom. The third-order valence-corrected chi connectivity index (χ3v) is 4.88. The number of fused-ring (bicyclic) bond motifs is 2. The van der Waals surface area contributed by atoms with Crippen LogP contribution >= 0.6 is 0 Å². The Morgan fingerprint density at radius 1 is 1.07 bits per heavy atom. The topological polar surface area (TPSA) is 45.7 Å². The van der Waals surface area contributed by atoms with E-state index < -0.39 is 0 Å². The zero-order valence-corrected chi connectivity index (χ0v) is 15.3. The lowest BCUT2D eigenvalue weighted by atomic mass is 10.1. The molecule has 1 amide bonds. The minimum absolute atomic E-state index is 0.227. The van der Waals surface area contributed by atoms with E-state index in [1.165, 1.54) is 12.1 Å². The molecular weight excluding hydrogens is 345 g/mol. The molecule has 1 aliphatic rings. The fourth-order valence-electron chi connectivity index (χ4n) is 3.44. The molecule has 5 nitrogen and oxygen atoms in total. The molecule has 0 saturated heterocycles. The van der Waals surface area contributed by atoms with Crippen molar-refractivity contribution in [2.24, 2.45) is 0 Å². The largest absolute Gasteiger partial charge is 0.497 e. The van der Waals surface area contributed by atoms with E-state index in [1.807, 2.05) is 36.2 Å². The van der Waals surface area contributed by atoms with Gasteiger partial charge in [-0.3, -0.25) is 4.79 Å². The molecular formula is C21H20FN3O2. The van der Waals surface area contributed by atoms with Crippen molar-refractivity contribution in [2.45, 2.75) is 6.42 Å². The number of benzene rings is 2. The zero-order valence-electron chi connectivity index (χ0n) is 15.3. The highest BCUT2D eigenvalue weighted by Crippen LogP contribution is 2.33. The molecule has 0 atom stereocenters. The summed E-state index contributed by atoms with van der Waals surface area (Å²) in [4.78, 5) is 21.4. The zero-order chi connectivity index (χ0) is 19.0. The van der Waals surface area contributed by atoms with Crippen molar-refractivity contribution in [1.82, 2.24) is 4.98 Å². The summed E-state index contributed by atoms with van der Waals surface area (Å²) in [5.74, 6) is 0.151. The lowest BCUT2D eigenvalue weighted by molar-refractivity contribution is 0.0983. The predicted octanol–water partition coefficient (Wildman–Crippen LogP) is 3.87. The quantitative estimate of drug-likeness (QED) is 0.692. The fraction of sp³-hybridized carbons (Fsp3) is 0.238. The van der Waals surface area contributed by atoms with E-state index in [0.29, 0.717) is 23.4 Å². The molecule has 0 aliphatic carbocycles. The average Bonchev–Trinajstić information content (AvgIpc) is 2.85. The Kier molecular flexibility index (Phi) is 4.39. The Morgan fingerprint density at radius 2 is 1.93 bits per heavy atom. The summed E-state index contributed by atoms with van der Waals surface area (Å²) in [5, 5.41) is 0.896. The van der Waals surface area contributed by atoms with Gasteiger partial charge >= 0.3 is 0 Å². The van der Waals surface area contributed by atoms with Crippen molar-refractivity contribution in [3.63, 3.8) is 0 Å². The highest BCUT2D eigenvalue weighted by molar-refractivity contribution is 6.07. The van der Waals surface area contributed by atoms with Gasteiger partial charge in [-0.15, -0.1) is 0 Å². The smallest absolute Gasteiger partial charge is 0.276 e. The number of anilines is 2. The van der Waals surface area contributed by atoms with E-state index in [-0.39, 0.29) is 11.7 Å². The second-order valence-corrected chi connectivity index (χ2v) is 6.62. The van der Waals surface area contributed by atoms with Gasteiger partial charge in [0, 0.05) is 25.5 Å². The van der Waals surface area contributed by atoms with Crippen LogP contribution in [0.15, 0.2) is 48.5 Å². The molecule has 1 aromatic heterocycles. The molecule has 4 rings (SSSR count).